The van der Waals surface area contributed by atoms with Crippen molar-refractivity contribution in [3.05, 3.63) is 211 Å². The molecule has 0 bridgehead atoms. The molecule has 61 heavy (non-hydrogen) atoms. The monoisotopic (exact) mass is 783 g/mol. The molecular weight excluding hydrogens is 743 g/mol. The summed E-state index contributed by atoms with van der Waals surface area (Å²) in [5.74, 6) is 0.899. The van der Waals surface area contributed by atoms with E-state index < -0.39 is 0 Å². The number of fused-ring (bicyclic) bond motifs is 8. The van der Waals surface area contributed by atoms with Crippen LogP contribution in [0.25, 0.3) is 82.1 Å². The van der Waals surface area contributed by atoms with E-state index in [2.05, 4.69) is 206 Å². The zero-order valence-electron chi connectivity index (χ0n) is 33.8. The van der Waals surface area contributed by atoms with Crippen molar-refractivity contribution >= 4 is 76.8 Å². The summed E-state index contributed by atoms with van der Waals surface area (Å²) in [5.41, 5.74) is 11.8. The Kier molecular flexibility index (Phi) is 8.31. The number of aliphatic imine (C=N–C) groups is 2. The van der Waals surface area contributed by atoms with Crippen LogP contribution in [0.3, 0.4) is 0 Å². The van der Waals surface area contributed by atoms with E-state index in [0.717, 1.165) is 74.3 Å². The lowest BCUT2D eigenvalue weighted by Gasteiger charge is -2.25. The van der Waals surface area contributed by atoms with Crippen LogP contribution in [0.2, 0.25) is 0 Å². The van der Waals surface area contributed by atoms with Gasteiger partial charge in [0.25, 0.3) is 0 Å². The van der Waals surface area contributed by atoms with Gasteiger partial charge in [0.2, 0.25) is 0 Å². The number of rotatable bonds is 5. The van der Waals surface area contributed by atoms with Crippen LogP contribution >= 0.6 is 0 Å². The molecule has 0 saturated carbocycles. The average molecular weight is 784 g/mol. The number of hydrogen-bond donors (Lipinski definition) is 0. The first kappa shape index (κ1) is 35.4. The van der Waals surface area contributed by atoms with Crippen molar-refractivity contribution < 1.29 is 4.42 Å². The van der Waals surface area contributed by atoms with E-state index in [4.69, 9.17) is 14.4 Å². The summed E-state index contributed by atoms with van der Waals surface area (Å²) in [6, 6.07) is 69.5. The summed E-state index contributed by atoms with van der Waals surface area (Å²) in [6.45, 7) is 2.35. The van der Waals surface area contributed by atoms with Crippen LogP contribution in [0.5, 0.6) is 0 Å². The molecule has 9 aromatic carbocycles. The standard InChI is InChI=1S/C57H41N3O/c1-36-23-30-51(44-29-26-38-15-5-6-16-41(38)31-44)58-57(40-27-24-39(25-28-40)37-13-3-2-4-14-37)59-55(36)50-35-45(34-49-47-20-10-12-22-54(47)61-56(49)50)60-52-21-11-9-19-46(52)48-32-42-17-7-8-18-43(42)33-53(48)60/h2-22,24-29,31-36,55H,23,30H2,1H3/b58-51+,59-57-/t36-,55?/m1/s1. The second-order valence-corrected chi connectivity index (χ2v) is 16.6. The Morgan fingerprint density at radius 1 is 0.492 bits per heavy atom. The van der Waals surface area contributed by atoms with Crippen LogP contribution in [0.4, 0.5) is 0 Å². The quantitative estimate of drug-likeness (QED) is 0.171. The molecule has 3 heterocycles. The van der Waals surface area contributed by atoms with Gasteiger partial charge >= 0.3 is 0 Å². The zero-order chi connectivity index (χ0) is 40.4. The lowest BCUT2D eigenvalue weighted by molar-refractivity contribution is 0.444. The van der Waals surface area contributed by atoms with E-state index in [1.807, 2.05) is 0 Å². The maximum Gasteiger partial charge on any atom is 0.155 e. The van der Waals surface area contributed by atoms with Gasteiger partial charge in [0, 0.05) is 38.4 Å². The van der Waals surface area contributed by atoms with Gasteiger partial charge in [0.1, 0.15) is 11.2 Å². The highest BCUT2D eigenvalue weighted by Gasteiger charge is 2.29. The molecule has 4 nitrogen and oxygen atoms in total. The van der Waals surface area contributed by atoms with E-state index in [1.54, 1.807) is 0 Å². The number of amidine groups is 1. The lowest BCUT2D eigenvalue weighted by Crippen LogP contribution is -2.18. The summed E-state index contributed by atoms with van der Waals surface area (Å²) in [4.78, 5) is 11.3. The number of benzene rings is 9. The SMILES string of the molecule is C[C@@H]1CC/C(c2ccc3ccccc3c2)=N\C(c2ccc(-c3ccccc3)cc2)=N/C1c1cc(-n2c3ccccc3c3cc4ccccc4cc32)cc2c1oc1ccccc12. The Morgan fingerprint density at radius 3 is 1.95 bits per heavy atom. The van der Waals surface area contributed by atoms with E-state index in [0.29, 0.717) is 0 Å². The van der Waals surface area contributed by atoms with Crippen LogP contribution in [-0.4, -0.2) is 16.1 Å². The van der Waals surface area contributed by atoms with E-state index in [1.165, 1.54) is 48.9 Å². The molecule has 12 rings (SSSR count). The van der Waals surface area contributed by atoms with E-state index in [9.17, 15) is 0 Å². The third-order valence-electron chi connectivity index (χ3n) is 12.8. The lowest BCUT2D eigenvalue weighted by atomic mass is 9.87. The summed E-state index contributed by atoms with van der Waals surface area (Å²) in [5, 5.41) is 9.55. The van der Waals surface area contributed by atoms with Crippen molar-refractivity contribution in [3.63, 3.8) is 0 Å². The predicted octanol–water partition coefficient (Wildman–Crippen LogP) is 15.1. The highest BCUT2D eigenvalue weighted by atomic mass is 16.3. The third-order valence-corrected chi connectivity index (χ3v) is 12.8. The first-order chi connectivity index (χ1) is 30.1. The molecule has 2 aromatic heterocycles. The molecule has 0 N–H and O–H groups in total. The topological polar surface area (TPSA) is 42.8 Å². The number of para-hydroxylation sites is 2. The van der Waals surface area contributed by atoms with Gasteiger partial charge in [-0.25, -0.2) is 4.99 Å². The molecule has 0 saturated heterocycles. The van der Waals surface area contributed by atoms with Gasteiger partial charge in [-0.2, -0.15) is 0 Å². The van der Waals surface area contributed by atoms with Crippen molar-refractivity contribution in [1.29, 1.82) is 0 Å². The Labute approximate surface area is 353 Å². The van der Waals surface area contributed by atoms with Crippen LogP contribution in [0.1, 0.15) is 42.5 Å². The second kappa shape index (κ2) is 14.3. The van der Waals surface area contributed by atoms with Crippen molar-refractivity contribution in [2.45, 2.75) is 25.8 Å². The number of furan rings is 1. The van der Waals surface area contributed by atoms with Gasteiger partial charge in [-0.1, -0.05) is 159 Å². The van der Waals surface area contributed by atoms with Crippen molar-refractivity contribution in [2.75, 3.05) is 0 Å². The van der Waals surface area contributed by atoms with E-state index in [-0.39, 0.29) is 12.0 Å². The van der Waals surface area contributed by atoms with Crippen molar-refractivity contribution in [1.82, 2.24) is 4.57 Å². The van der Waals surface area contributed by atoms with Crippen LogP contribution in [0, 0.1) is 5.92 Å². The maximum atomic E-state index is 6.88. The molecule has 1 aliphatic heterocycles. The predicted molar refractivity (Wildman–Crippen MR) is 256 cm³/mol. The van der Waals surface area contributed by atoms with Crippen LogP contribution in [0.15, 0.2) is 209 Å². The maximum absolute atomic E-state index is 6.88. The largest absolute Gasteiger partial charge is 0.456 e. The molecule has 0 aliphatic carbocycles. The molecular formula is C57H41N3O. The van der Waals surface area contributed by atoms with Gasteiger partial charge in [-0.3, -0.25) is 4.99 Å². The number of nitrogens with zero attached hydrogens (tertiary/aromatic N) is 3. The van der Waals surface area contributed by atoms with Gasteiger partial charge in [-0.15, -0.1) is 0 Å². The summed E-state index contributed by atoms with van der Waals surface area (Å²) in [7, 11) is 0. The molecule has 0 spiro atoms. The van der Waals surface area contributed by atoms with Gasteiger partial charge in [0.15, 0.2) is 5.84 Å². The Bertz CT molecular complexity index is 3550. The van der Waals surface area contributed by atoms with Crippen molar-refractivity contribution in [2.24, 2.45) is 15.9 Å². The van der Waals surface area contributed by atoms with Gasteiger partial charge in [-0.05, 0) is 99.5 Å². The highest BCUT2D eigenvalue weighted by Crippen LogP contribution is 2.43. The highest BCUT2D eigenvalue weighted by molar-refractivity contribution is 6.15. The van der Waals surface area contributed by atoms with Crippen LogP contribution in [-0.2, 0) is 0 Å². The normalized spacial score (nSPS) is 17.7. The zero-order valence-corrected chi connectivity index (χ0v) is 33.8. The molecule has 4 heteroatoms. The molecule has 0 fully saturated rings. The Hall–Kier alpha value is -7.56. The molecule has 290 valence electrons. The molecule has 11 aromatic rings. The molecule has 0 radical (unpaired) electrons. The first-order valence-electron chi connectivity index (χ1n) is 21.3. The molecule has 2 atom stereocenters. The Morgan fingerprint density at radius 2 is 1.13 bits per heavy atom. The smallest absolute Gasteiger partial charge is 0.155 e. The number of hydrogen-bond acceptors (Lipinski definition) is 3. The fourth-order valence-corrected chi connectivity index (χ4v) is 9.65. The van der Waals surface area contributed by atoms with Crippen molar-refractivity contribution in [3.8, 4) is 16.8 Å². The second-order valence-electron chi connectivity index (χ2n) is 16.6. The van der Waals surface area contributed by atoms with Gasteiger partial charge in [0.05, 0.1) is 22.8 Å². The minimum Gasteiger partial charge on any atom is -0.456 e. The van der Waals surface area contributed by atoms with Gasteiger partial charge < -0.3 is 8.98 Å². The minimum absolute atomic E-state index is 0.165. The summed E-state index contributed by atoms with van der Waals surface area (Å²) < 4.78 is 9.33. The molecule has 0 amide bonds. The first-order valence-corrected chi connectivity index (χ1v) is 21.3. The van der Waals surface area contributed by atoms with E-state index >= 15 is 0 Å². The fraction of sp³-hybridized carbons (Fsp3) is 0.0877. The third kappa shape index (κ3) is 6.05. The van der Waals surface area contributed by atoms with Crippen LogP contribution < -0.4 is 0 Å². The minimum atomic E-state index is -0.234. The summed E-state index contributed by atoms with van der Waals surface area (Å²) in [6.07, 6.45) is 1.73. The average Bonchev–Trinajstić information content (AvgIpc) is 3.85. The molecule has 1 unspecified atom stereocenters. The fourth-order valence-electron chi connectivity index (χ4n) is 9.65. The Balaban J connectivity index is 1.10. The summed E-state index contributed by atoms with van der Waals surface area (Å²) >= 11 is 0. The number of aromatic nitrogens is 1. The molecule has 1 aliphatic rings.